The monoisotopic (exact) mass is 208 g/mol. The van der Waals surface area contributed by atoms with Crippen LogP contribution in [-0.4, -0.2) is 28.1 Å². The molecule has 2 rings (SSSR count). The van der Waals surface area contributed by atoms with Gasteiger partial charge in [-0.2, -0.15) is 0 Å². The highest BCUT2D eigenvalue weighted by Crippen LogP contribution is 2.38. The number of nitrogens with two attached hydrogens (primary N) is 1. The zero-order valence-electron chi connectivity index (χ0n) is 8.34. The average Bonchev–Trinajstić information content (AvgIpc) is 3.11. The molecule has 1 saturated carbocycles. The fraction of sp³-hybridized carbons (Fsp3) is 0.444. The highest BCUT2D eigenvalue weighted by Gasteiger charge is 2.27. The first kappa shape index (κ1) is 9.70. The molecule has 0 bridgehead atoms. The predicted molar refractivity (Wildman–Crippen MR) is 53.1 cm³/mol. The van der Waals surface area contributed by atoms with Gasteiger partial charge >= 0.3 is 0 Å². The number of nitrogens with zero attached hydrogens (tertiary/aromatic N) is 3. The van der Waals surface area contributed by atoms with Gasteiger partial charge in [0.15, 0.2) is 17.3 Å². The van der Waals surface area contributed by atoms with Gasteiger partial charge in [-0.05, 0) is 12.8 Å². The van der Waals surface area contributed by atoms with E-state index in [1.54, 1.807) is 6.20 Å². The molecule has 0 saturated heterocycles. The molecule has 0 amide bonds. The number of amidine groups is 1. The van der Waals surface area contributed by atoms with Crippen LogP contribution in [0.2, 0.25) is 0 Å². The fourth-order valence-corrected chi connectivity index (χ4v) is 1.30. The molecule has 1 aliphatic rings. The van der Waals surface area contributed by atoms with Gasteiger partial charge in [-0.3, -0.25) is 0 Å². The normalized spacial score (nSPS) is 16.5. The van der Waals surface area contributed by atoms with E-state index in [0.717, 1.165) is 18.7 Å². The number of hydrogen-bond acceptors (Lipinski definition) is 5. The van der Waals surface area contributed by atoms with E-state index in [0.29, 0.717) is 17.4 Å². The van der Waals surface area contributed by atoms with Crippen molar-refractivity contribution in [3.8, 4) is 5.75 Å². The molecule has 80 valence electrons. The van der Waals surface area contributed by atoms with Crippen molar-refractivity contribution in [1.29, 1.82) is 0 Å². The summed E-state index contributed by atoms with van der Waals surface area (Å²) in [4.78, 5) is 8.38. The van der Waals surface area contributed by atoms with Crippen LogP contribution in [0, 0.1) is 0 Å². The van der Waals surface area contributed by atoms with Gasteiger partial charge in [-0.25, -0.2) is 9.97 Å². The molecular weight excluding hydrogens is 196 g/mol. The first-order chi connectivity index (χ1) is 7.26. The van der Waals surface area contributed by atoms with Crippen molar-refractivity contribution in [2.75, 3.05) is 7.11 Å². The second kappa shape index (κ2) is 3.72. The van der Waals surface area contributed by atoms with Gasteiger partial charge in [0.2, 0.25) is 0 Å². The summed E-state index contributed by atoms with van der Waals surface area (Å²) in [5, 5.41) is 11.5. The molecule has 0 spiro atoms. The molecule has 0 unspecified atom stereocenters. The van der Waals surface area contributed by atoms with Crippen molar-refractivity contribution in [1.82, 2.24) is 9.97 Å². The number of oxime groups is 1. The molecule has 3 N–H and O–H groups in total. The molecule has 0 aromatic carbocycles. The van der Waals surface area contributed by atoms with Crippen LogP contribution >= 0.6 is 0 Å². The van der Waals surface area contributed by atoms with Gasteiger partial charge in [0.25, 0.3) is 0 Å². The lowest BCUT2D eigenvalue weighted by molar-refractivity contribution is 0.318. The molecule has 15 heavy (non-hydrogen) atoms. The Morgan fingerprint density at radius 3 is 2.93 bits per heavy atom. The van der Waals surface area contributed by atoms with E-state index in [1.807, 2.05) is 0 Å². The van der Waals surface area contributed by atoms with Gasteiger partial charge in [-0.15, -0.1) is 0 Å². The zero-order chi connectivity index (χ0) is 10.8. The maximum Gasteiger partial charge on any atom is 0.192 e. The van der Waals surface area contributed by atoms with Crippen LogP contribution in [0.15, 0.2) is 11.4 Å². The van der Waals surface area contributed by atoms with Crippen LogP contribution < -0.4 is 10.5 Å². The van der Waals surface area contributed by atoms with E-state index in [2.05, 4.69) is 15.1 Å². The number of hydrogen-bond donors (Lipinski definition) is 2. The summed E-state index contributed by atoms with van der Waals surface area (Å²) < 4.78 is 5.03. The highest BCUT2D eigenvalue weighted by atomic mass is 16.5. The Labute approximate surface area is 86.8 Å². The van der Waals surface area contributed by atoms with Gasteiger partial charge in [0, 0.05) is 5.92 Å². The second-order valence-electron chi connectivity index (χ2n) is 3.40. The first-order valence-electron chi connectivity index (χ1n) is 4.65. The topological polar surface area (TPSA) is 93.6 Å². The van der Waals surface area contributed by atoms with Crippen LogP contribution in [0.5, 0.6) is 5.75 Å². The minimum atomic E-state index is -0.0591. The van der Waals surface area contributed by atoms with E-state index < -0.39 is 0 Å². The highest BCUT2D eigenvalue weighted by molar-refractivity contribution is 5.97. The summed E-state index contributed by atoms with van der Waals surface area (Å²) in [5.41, 5.74) is 5.83. The van der Waals surface area contributed by atoms with Crippen molar-refractivity contribution >= 4 is 5.84 Å². The smallest absolute Gasteiger partial charge is 0.192 e. The largest absolute Gasteiger partial charge is 0.493 e. The Bertz CT molecular complexity index is 401. The molecule has 6 nitrogen and oxygen atoms in total. The van der Waals surface area contributed by atoms with Gasteiger partial charge < -0.3 is 15.7 Å². The van der Waals surface area contributed by atoms with E-state index in [4.69, 9.17) is 15.7 Å². The number of rotatable bonds is 3. The maximum absolute atomic E-state index is 8.60. The quantitative estimate of drug-likeness (QED) is 0.325. The molecule has 1 aromatic heterocycles. The van der Waals surface area contributed by atoms with E-state index >= 15 is 0 Å². The summed E-state index contributed by atoms with van der Waals surface area (Å²) in [6.45, 7) is 0. The van der Waals surface area contributed by atoms with Crippen molar-refractivity contribution < 1.29 is 9.94 Å². The predicted octanol–water partition coefficient (Wildman–Crippen LogP) is 0.457. The zero-order valence-corrected chi connectivity index (χ0v) is 8.34. The standard InChI is InChI=1S/C9H12N4O2/c1-15-6-4-11-9(5-2-3-5)12-7(6)8(10)13-14/h4-5,14H,2-3H2,1H3,(H2,10,13). The summed E-state index contributed by atoms with van der Waals surface area (Å²) >= 11 is 0. The van der Waals surface area contributed by atoms with E-state index in [1.165, 1.54) is 7.11 Å². The fourth-order valence-electron chi connectivity index (χ4n) is 1.30. The Morgan fingerprint density at radius 1 is 1.67 bits per heavy atom. The molecular formula is C9H12N4O2. The maximum atomic E-state index is 8.60. The summed E-state index contributed by atoms with van der Waals surface area (Å²) in [6, 6.07) is 0. The number of ether oxygens (including phenoxy) is 1. The van der Waals surface area contributed by atoms with Crippen LogP contribution in [0.3, 0.4) is 0 Å². The Balaban J connectivity index is 2.42. The van der Waals surface area contributed by atoms with Crippen LogP contribution in [0.4, 0.5) is 0 Å². The third-order valence-electron chi connectivity index (χ3n) is 2.29. The SMILES string of the molecule is COc1cnc(C2CC2)nc1/C(N)=N\O. The lowest BCUT2D eigenvalue weighted by Gasteiger charge is -2.06. The van der Waals surface area contributed by atoms with Crippen molar-refractivity contribution in [3.05, 3.63) is 17.7 Å². The number of methoxy groups -OCH3 is 1. The van der Waals surface area contributed by atoms with Crippen molar-refractivity contribution in [2.24, 2.45) is 10.9 Å². The van der Waals surface area contributed by atoms with Crippen molar-refractivity contribution in [3.63, 3.8) is 0 Å². The average molecular weight is 208 g/mol. The lowest BCUT2D eigenvalue weighted by Crippen LogP contribution is -2.17. The Kier molecular flexibility index (Phi) is 2.40. The summed E-state index contributed by atoms with van der Waals surface area (Å²) in [6.07, 6.45) is 3.75. The molecule has 0 aliphatic heterocycles. The van der Waals surface area contributed by atoms with Crippen LogP contribution in [-0.2, 0) is 0 Å². The molecule has 0 radical (unpaired) electrons. The minimum Gasteiger partial charge on any atom is -0.493 e. The van der Waals surface area contributed by atoms with E-state index in [-0.39, 0.29) is 5.84 Å². The summed E-state index contributed by atoms with van der Waals surface area (Å²) in [5.74, 6) is 1.50. The third kappa shape index (κ3) is 1.83. The van der Waals surface area contributed by atoms with Crippen LogP contribution in [0.1, 0.15) is 30.3 Å². The number of aromatic nitrogens is 2. The van der Waals surface area contributed by atoms with Gasteiger partial charge in [0.1, 0.15) is 5.82 Å². The second-order valence-corrected chi connectivity index (χ2v) is 3.40. The summed E-state index contributed by atoms with van der Waals surface area (Å²) in [7, 11) is 1.49. The first-order valence-corrected chi connectivity index (χ1v) is 4.65. The molecule has 1 aliphatic carbocycles. The molecule has 1 aromatic rings. The Hall–Kier alpha value is -1.85. The minimum absolute atomic E-state index is 0.0591. The lowest BCUT2D eigenvalue weighted by atomic mass is 10.3. The van der Waals surface area contributed by atoms with Crippen LogP contribution in [0.25, 0.3) is 0 Å². The van der Waals surface area contributed by atoms with E-state index in [9.17, 15) is 0 Å². The Morgan fingerprint density at radius 2 is 2.40 bits per heavy atom. The van der Waals surface area contributed by atoms with Gasteiger partial charge in [-0.1, -0.05) is 5.16 Å². The van der Waals surface area contributed by atoms with Gasteiger partial charge in [0.05, 0.1) is 13.3 Å². The molecule has 1 heterocycles. The third-order valence-corrected chi connectivity index (χ3v) is 2.29. The molecule has 1 fully saturated rings. The van der Waals surface area contributed by atoms with Crippen molar-refractivity contribution in [2.45, 2.75) is 18.8 Å². The molecule has 6 heteroatoms. The molecule has 0 atom stereocenters.